The van der Waals surface area contributed by atoms with Crippen molar-refractivity contribution in [2.45, 2.75) is 38.4 Å². The lowest BCUT2D eigenvalue weighted by molar-refractivity contribution is -0.138. The number of carboxylic acids is 1. The highest BCUT2D eigenvalue weighted by Gasteiger charge is 2.24. The van der Waals surface area contributed by atoms with Gasteiger partial charge in [-0.25, -0.2) is 13.4 Å². The molecule has 0 spiro atoms. The van der Waals surface area contributed by atoms with Crippen molar-refractivity contribution in [3.63, 3.8) is 0 Å². The van der Waals surface area contributed by atoms with Gasteiger partial charge < -0.3 is 9.67 Å². The van der Waals surface area contributed by atoms with Crippen LogP contribution in [0.5, 0.6) is 0 Å². The zero-order valence-corrected chi connectivity index (χ0v) is 10.7. The molecule has 96 valence electrons. The number of nitrogens with zero attached hydrogens (tertiary/aromatic N) is 2. The van der Waals surface area contributed by atoms with Crippen LogP contribution >= 0.6 is 0 Å². The number of sulfonamides is 1. The van der Waals surface area contributed by atoms with E-state index in [1.165, 1.54) is 13.1 Å². The maximum atomic E-state index is 11.8. The van der Waals surface area contributed by atoms with Gasteiger partial charge in [-0.3, -0.25) is 4.79 Å². The van der Waals surface area contributed by atoms with E-state index >= 15 is 0 Å². The summed E-state index contributed by atoms with van der Waals surface area (Å²) in [6.45, 7) is 5.40. The summed E-state index contributed by atoms with van der Waals surface area (Å²) >= 11 is 0. The summed E-state index contributed by atoms with van der Waals surface area (Å²) in [6.07, 6.45) is 1.38. The molecule has 0 aliphatic heterocycles. The molecule has 0 bridgehead atoms. The molecule has 1 aromatic rings. The van der Waals surface area contributed by atoms with Gasteiger partial charge in [0.1, 0.15) is 11.9 Å². The van der Waals surface area contributed by atoms with Crippen molar-refractivity contribution in [3.05, 3.63) is 12.0 Å². The quantitative estimate of drug-likeness (QED) is 0.774. The van der Waals surface area contributed by atoms with E-state index in [-0.39, 0.29) is 5.03 Å². The van der Waals surface area contributed by atoms with Gasteiger partial charge in [0.05, 0.1) is 0 Å². The zero-order chi connectivity index (χ0) is 13.2. The van der Waals surface area contributed by atoms with Gasteiger partial charge in [0.2, 0.25) is 0 Å². The summed E-state index contributed by atoms with van der Waals surface area (Å²) in [5.74, 6) is -0.670. The molecule has 0 aromatic carbocycles. The van der Waals surface area contributed by atoms with Crippen LogP contribution in [-0.2, 0) is 21.4 Å². The third-order valence-corrected chi connectivity index (χ3v) is 3.68. The Hall–Kier alpha value is -1.41. The Morgan fingerprint density at radius 2 is 2.24 bits per heavy atom. The second kappa shape index (κ2) is 4.84. The molecule has 7 nitrogen and oxygen atoms in total. The molecule has 0 aliphatic carbocycles. The number of carbonyl (C=O) groups is 1. The van der Waals surface area contributed by atoms with E-state index in [4.69, 9.17) is 5.11 Å². The molecule has 0 radical (unpaired) electrons. The third kappa shape index (κ3) is 3.04. The van der Waals surface area contributed by atoms with E-state index in [2.05, 4.69) is 4.98 Å². The smallest absolute Gasteiger partial charge is 0.321 e. The largest absolute Gasteiger partial charge is 0.480 e. The SMILES string of the molecule is CCn1cc(S(=O)(=O)N[C@H](C)C(=O)O)nc1C. The van der Waals surface area contributed by atoms with E-state index in [0.717, 1.165) is 0 Å². The lowest BCUT2D eigenvalue weighted by atomic mass is 10.4. The number of aryl methyl sites for hydroxylation is 2. The Kier molecular flexibility index (Phi) is 3.89. The van der Waals surface area contributed by atoms with Crippen LogP contribution in [-0.4, -0.2) is 35.1 Å². The number of nitrogens with one attached hydrogen (secondary N) is 1. The molecule has 0 amide bonds. The first kappa shape index (κ1) is 13.7. The molecular weight excluding hydrogens is 246 g/mol. The lowest BCUT2D eigenvalue weighted by Crippen LogP contribution is -2.38. The maximum Gasteiger partial charge on any atom is 0.321 e. The number of hydrogen-bond acceptors (Lipinski definition) is 4. The average molecular weight is 261 g/mol. The minimum absolute atomic E-state index is 0.162. The van der Waals surface area contributed by atoms with Crippen molar-refractivity contribution in [1.82, 2.24) is 14.3 Å². The van der Waals surface area contributed by atoms with Crippen LogP contribution in [0.4, 0.5) is 0 Å². The topological polar surface area (TPSA) is 101 Å². The van der Waals surface area contributed by atoms with Gasteiger partial charge in [-0.1, -0.05) is 0 Å². The van der Waals surface area contributed by atoms with Gasteiger partial charge in [-0.05, 0) is 20.8 Å². The van der Waals surface area contributed by atoms with E-state index in [0.29, 0.717) is 12.4 Å². The fourth-order valence-corrected chi connectivity index (χ4v) is 2.48. The summed E-state index contributed by atoms with van der Waals surface area (Å²) in [5.41, 5.74) is 0. The number of carboxylic acid groups (broad SMARTS) is 1. The molecule has 8 heteroatoms. The fraction of sp³-hybridized carbons (Fsp3) is 0.556. The lowest BCUT2D eigenvalue weighted by Gasteiger charge is -2.07. The number of aromatic nitrogens is 2. The summed E-state index contributed by atoms with van der Waals surface area (Å²) in [6, 6.07) is -1.19. The van der Waals surface area contributed by atoms with Crippen LogP contribution in [0.25, 0.3) is 0 Å². The number of imidazole rings is 1. The first-order valence-electron chi connectivity index (χ1n) is 5.07. The van der Waals surface area contributed by atoms with Crippen LogP contribution in [0.15, 0.2) is 11.2 Å². The Morgan fingerprint density at radius 1 is 1.65 bits per heavy atom. The Balaban J connectivity index is 3.01. The van der Waals surface area contributed by atoms with Crippen molar-refractivity contribution in [2.75, 3.05) is 0 Å². The molecule has 1 aromatic heterocycles. The van der Waals surface area contributed by atoms with Crippen LogP contribution in [0.2, 0.25) is 0 Å². The molecule has 0 aliphatic rings. The molecule has 0 fully saturated rings. The standard InChI is InChI=1S/C9H15N3O4S/c1-4-12-5-8(10-7(12)3)17(15,16)11-6(2)9(13)14/h5-6,11H,4H2,1-3H3,(H,13,14)/t6-/m1/s1. The zero-order valence-electron chi connectivity index (χ0n) is 9.84. The normalized spacial score (nSPS) is 13.6. The van der Waals surface area contributed by atoms with E-state index in [9.17, 15) is 13.2 Å². The van der Waals surface area contributed by atoms with Crippen LogP contribution in [0.3, 0.4) is 0 Å². The number of hydrogen-bond donors (Lipinski definition) is 2. The summed E-state index contributed by atoms with van der Waals surface area (Å²) in [7, 11) is -3.88. The second-order valence-corrected chi connectivity index (χ2v) is 5.25. The third-order valence-electron chi connectivity index (χ3n) is 2.27. The van der Waals surface area contributed by atoms with Gasteiger partial charge >= 0.3 is 5.97 Å². The highest BCUT2D eigenvalue weighted by Crippen LogP contribution is 2.09. The van der Waals surface area contributed by atoms with Gasteiger partial charge in [-0.2, -0.15) is 4.72 Å². The van der Waals surface area contributed by atoms with Gasteiger partial charge in [0.15, 0.2) is 5.03 Å². The van der Waals surface area contributed by atoms with Gasteiger partial charge in [-0.15, -0.1) is 0 Å². The monoisotopic (exact) mass is 261 g/mol. The summed E-state index contributed by atoms with van der Waals surface area (Å²) in [4.78, 5) is 14.5. The molecule has 0 unspecified atom stereocenters. The van der Waals surface area contributed by atoms with E-state index in [1.807, 2.05) is 11.6 Å². The Bertz CT molecular complexity index is 520. The minimum atomic E-state index is -3.88. The maximum absolute atomic E-state index is 11.8. The fourth-order valence-electron chi connectivity index (χ4n) is 1.27. The van der Waals surface area contributed by atoms with Crippen molar-refractivity contribution < 1.29 is 18.3 Å². The average Bonchev–Trinajstić information content (AvgIpc) is 2.59. The second-order valence-electron chi connectivity index (χ2n) is 3.59. The molecule has 1 atom stereocenters. The Morgan fingerprint density at radius 3 is 2.65 bits per heavy atom. The minimum Gasteiger partial charge on any atom is -0.480 e. The van der Waals surface area contributed by atoms with E-state index in [1.54, 1.807) is 11.5 Å². The molecular formula is C9H15N3O4S. The van der Waals surface area contributed by atoms with Crippen LogP contribution in [0.1, 0.15) is 19.7 Å². The van der Waals surface area contributed by atoms with Crippen LogP contribution < -0.4 is 4.72 Å². The molecule has 1 rings (SSSR count). The molecule has 0 saturated heterocycles. The van der Waals surface area contributed by atoms with Crippen molar-refractivity contribution in [1.29, 1.82) is 0 Å². The molecule has 0 saturated carbocycles. The molecule has 2 N–H and O–H groups in total. The highest BCUT2D eigenvalue weighted by molar-refractivity contribution is 7.89. The first-order valence-corrected chi connectivity index (χ1v) is 6.55. The molecule has 1 heterocycles. The molecule has 17 heavy (non-hydrogen) atoms. The van der Waals surface area contributed by atoms with Crippen molar-refractivity contribution in [2.24, 2.45) is 0 Å². The van der Waals surface area contributed by atoms with Crippen molar-refractivity contribution in [3.8, 4) is 0 Å². The van der Waals surface area contributed by atoms with Crippen LogP contribution in [0, 0.1) is 6.92 Å². The predicted molar refractivity (Wildman–Crippen MR) is 60.1 cm³/mol. The number of rotatable bonds is 5. The Labute approximate surface area is 99.5 Å². The van der Waals surface area contributed by atoms with E-state index < -0.39 is 22.0 Å². The van der Waals surface area contributed by atoms with Gasteiger partial charge in [0, 0.05) is 12.7 Å². The highest BCUT2D eigenvalue weighted by atomic mass is 32.2. The summed E-state index contributed by atoms with van der Waals surface area (Å²) < 4.78 is 27.3. The van der Waals surface area contributed by atoms with Crippen molar-refractivity contribution >= 4 is 16.0 Å². The predicted octanol–water partition coefficient (Wildman–Crippen LogP) is -0.0372. The summed E-state index contributed by atoms with van der Waals surface area (Å²) in [5, 5.41) is 8.48. The number of aliphatic carboxylic acids is 1. The first-order chi connectivity index (χ1) is 7.77. The van der Waals surface area contributed by atoms with Gasteiger partial charge in [0.25, 0.3) is 10.0 Å².